The summed E-state index contributed by atoms with van der Waals surface area (Å²) in [5.74, 6) is 0.306. The van der Waals surface area contributed by atoms with Crippen LogP contribution in [0.5, 0.6) is 5.75 Å². The molecule has 0 amide bonds. The molecule has 1 unspecified atom stereocenters. The number of aromatic hydroxyl groups is 1. The van der Waals surface area contributed by atoms with E-state index in [1.165, 1.54) is 5.56 Å². The number of hydrogen-bond acceptors (Lipinski definition) is 4. The van der Waals surface area contributed by atoms with Crippen LogP contribution < -0.4 is 11.5 Å². The largest absolute Gasteiger partial charge is 0.508 e. The van der Waals surface area contributed by atoms with Gasteiger partial charge in [0.15, 0.2) is 0 Å². The molecule has 1 atom stereocenters. The van der Waals surface area contributed by atoms with Crippen molar-refractivity contribution >= 4 is 0 Å². The SMILES string of the molecule is CCC(N)O.NCCc1ccc(O)cc1. The first-order valence-electron chi connectivity index (χ1n) is 5.01. The number of phenols is 1. The van der Waals surface area contributed by atoms with Crippen LogP contribution in [0.4, 0.5) is 0 Å². The second kappa shape index (κ2) is 8.23. The highest BCUT2D eigenvalue weighted by atomic mass is 16.3. The van der Waals surface area contributed by atoms with Gasteiger partial charge >= 0.3 is 0 Å². The molecule has 0 bridgehead atoms. The molecule has 0 spiro atoms. The van der Waals surface area contributed by atoms with Gasteiger partial charge in [-0.3, -0.25) is 0 Å². The summed E-state index contributed by atoms with van der Waals surface area (Å²) in [5.41, 5.74) is 11.4. The zero-order chi connectivity index (χ0) is 11.7. The molecule has 0 aliphatic carbocycles. The van der Waals surface area contributed by atoms with Gasteiger partial charge < -0.3 is 21.7 Å². The highest BCUT2D eigenvalue weighted by Crippen LogP contribution is 2.09. The normalized spacial score (nSPS) is 11.5. The highest BCUT2D eigenvalue weighted by Gasteiger charge is 1.89. The average molecular weight is 212 g/mol. The highest BCUT2D eigenvalue weighted by molar-refractivity contribution is 5.25. The standard InChI is InChI=1S/C8H11NO.C3H9NO/c9-6-5-7-1-3-8(10)4-2-7;1-2-3(4)5/h1-4,10H,5-6,9H2;3,5H,2,4H2,1H3. The lowest BCUT2D eigenvalue weighted by molar-refractivity contribution is 0.178. The van der Waals surface area contributed by atoms with Gasteiger partial charge in [-0.15, -0.1) is 0 Å². The maximum absolute atomic E-state index is 8.89. The average Bonchev–Trinajstić information content (AvgIpc) is 2.23. The van der Waals surface area contributed by atoms with E-state index in [0.29, 0.717) is 18.7 Å². The van der Waals surface area contributed by atoms with Crippen molar-refractivity contribution in [2.75, 3.05) is 6.54 Å². The molecule has 0 saturated carbocycles. The van der Waals surface area contributed by atoms with Crippen LogP contribution in [-0.4, -0.2) is 23.0 Å². The minimum Gasteiger partial charge on any atom is -0.508 e. The van der Waals surface area contributed by atoms with Crippen LogP contribution in [0, 0.1) is 0 Å². The summed E-state index contributed by atoms with van der Waals surface area (Å²) in [7, 11) is 0. The molecule has 4 nitrogen and oxygen atoms in total. The van der Waals surface area contributed by atoms with Gasteiger partial charge in [-0.1, -0.05) is 19.1 Å². The van der Waals surface area contributed by atoms with Gasteiger partial charge in [0.1, 0.15) is 12.0 Å². The Labute approximate surface area is 90.5 Å². The fraction of sp³-hybridized carbons (Fsp3) is 0.455. The van der Waals surface area contributed by atoms with E-state index in [2.05, 4.69) is 0 Å². The smallest absolute Gasteiger partial charge is 0.115 e. The van der Waals surface area contributed by atoms with E-state index < -0.39 is 6.23 Å². The van der Waals surface area contributed by atoms with Gasteiger partial charge in [0.2, 0.25) is 0 Å². The Morgan fingerprint density at radius 3 is 2.07 bits per heavy atom. The third-order valence-corrected chi connectivity index (χ3v) is 1.79. The van der Waals surface area contributed by atoms with Crippen LogP contribution in [-0.2, 0) is 6.42 Å². The zero-order valence-corrected chi connectivity index (χ0v) is 9.06. The molecule has 6 N–H and O–H groups in total. The van der Waals surface area contributed by atoms with Gasteiger partial charge in [0, 0.05) is 0 Å². The molecular formula is C11H20N2O2. The Balaban J connectivity index is 0.000000336. The molecule has 15 heavy (non-hydrogen) atoms. The van der Waals surface area contributed by atoms with Gasteiger partial charge in [-0.2, -0.15) is 0 Å². The molecule has 1 aromatic rings. The van der Waals surface area contributed by atoms with Gasteiger partial charge in [0.05, 0.1) is 0 Å². The van der Waals surface area contributed by atoms with Crippen molar-refractivity contribution in [3.8, 4) is 5.75 Å². The number of aliphatic hydroxyl groups excluding tert-OH is 1. The summed E-state index contributed by atoms with van der Waals surface area (Å²) >= 11 is 0. The number of aliphatic hydroxyl groups is 1. The second-order valence-corrected chi connectivity index (χ2v) is 3.18. The van der Waals surface area contributed by atoms with E-state index in [1.807, 2.05) is 19.1 Å². The summed E-state index contributed by atoms with van der Waals surface area (Å²) in [6.45, 7) is 2.48. The Kier molecular flexibility index (Phi) is 7.62. The molecule has 0 saturated heterocycles. The number of nitrogens with two attached hydrogens (primary N) is 2. The van der Waals surface area contributed by atoms with E-state index in [-0.39, 0.29) is 0 Å². The summed E-state index contributed by atoms with van der Waals surface area (Å²) in [6, 6.07) is 7.10. The number of hydrogen-bond donors (Lipinski definition) is 4. The molecule has 1 rings (SSSR count). The molecule has 0 aromatic heterocycles. The lowest BCUT2D eigenvalue weighted by atomic mass is 10.1. The van der Waals surface area contributed by atoms with Crippen molar-refractivity contribution in [3.63, 3.8) is 0 Å². The van der Waals surface area contributed by atoms with Gasteiger partial charge in [0.25, 0.3) is 0 Å². The summed E-state index contributed by atoms with van der Waals surface area (Å²) in [4.78, 5) is 0. The van der Waals surface area contributed by atoms with Gasteiger partial charge in [-0.25, -0.2) is 0 Å². The molecule has 0 radical (unpaired) electrons. The fourth-order valence-corrected chi connectivity index (χ4v) is 0.829. The van der Waals surface area contributed by atoms with Crippen molar-refractivity contribution in [2.24, 2.45) is 11.5 Å². The van der Waals surface area contributed by atoms with Crippen molar-refractivity contribution in [3.05, 3.63) is 29.8 Å². The summed E-state index contributed by atoms with van der Waals surface area (Å²) in [5, 5.41) is 17.0. The monoisotopic (exact) mass is 212 g/mol. The first kappa shape index (κ1) is 13.9. The fourth-order valence-electron chi connectivity index (χ4n) is 0.829. The topological polar surface area (TPSA) is 92.5 Å². The molecule has 0 heterocycles. The third kappa shape index (κ3) is 7.93. The van der Waals surface area contributed by atoms with Crippen molar-refractivity contribution in [1.29, 1.82) is 0 Å². The Hall–Kier alpha value is -1.10. The molecule has 0 aliphatic rings. The van der Waals surface area contributed by atoms with Crippen molar-refractivity contribution < 1.29 is 10.2 Å². The van der Waals surface area contributed by atoms with Crippen molar-refractivity contribution in [2.45, 2.75) is 26.0 Å². The lowest BCUT2D eigenvalue weighted by Crippen LogP contribution is -2.16. The molecule has 0 fully saturated rings. The predicted molar refractivity (Wildman–Crippen MR) is 61.4 cm³/mol. The second-order valence-electron chi connectivity index (χ2n) is 3.18. The van der Waals surface area contributed by atoms with Crippen LogP contribution in [0.2, 0.25) is 0 Å². The van der Waals surface area contributed by atoms with Crippen LogP contribution in [0.15, 0.2) is 24.3 Å². The van der Waals surface area contributed by atoms with Gasteiger partial charge in [-0.05, 0) is 37.1 Å². The Morgan fingerprint density at radius 1 is 1.27 bits per heavy atom. The number of rotatable bonds is 3. The van der Waals surface area contributed by atoms with Crippen LogP contribution in [0.1, 0.15) is 18.9 Å². The Bertz CT molecular complexity index is 247. The molecule has 1 aromatic carbocycles. The van der Waals surface area contributed by atoms with Crippen LogP contribution in [0.25, 0.3) is 0 Å². The van der Waals surface area contributed by atoms with Crippen molar-refractivity contribution in [1.82, 2.24) is 0 Å². The summed E-state index contributed by atoms with van der Waals surface area (Å²) in [6.07, 6.45) is 0.898. The van der Waals surface area contributed by atoms with E-state index in [0.717, 1.165) is 6.42 Å². The quantitative estimate of drug-likeness (QED) is 0.551. The predicted octanol–water partition coefficient (Wildman–Crippen LogP) is 0.567. The first-order valence-corrected chi connectivity index (χ1v) is 5.01. The Morgan fingerprint density at radius 2 is 1.73 bits per heavy atom. The molecule has 86 valence electrons. The van der Waals surface area contributed by atoms with Crippen LogP contribution in [0.3, 0.4) is 0 Å². The molecular weight excluding hydrogens is 192 g/mol. The van der Waals surface area contributed by atoms with E-state index >= 15 is 0 Å². The minimum atomic E-state index is -0.616. The van der Waals surface area contributed by atoms with E-state index in [9.17, 15) is 0 Å². The minimum absolute atomic E-state index is 0.306. The summed E-state index contributed by atoms with van der Waals surface area (Å²) < 4.78 is 0. The first-order chi connectivity index (χ1) is 7.10. The van der Waals surface area contributed by atoms with E-state index in [4.69, 9.17) is 21.7 Å². The third-order valence-electron chi connectivity index (χ3n) is 1.79. The number of phenolic OH excluding ortho intramolecular Hbond substituents is 1. The number of benzene rings is 1. The molecule has 0 aliphatic heterocycles. The molecule has 4 heteroatoms. The lowest BCUT2D eigenvalue weighted by Gasteiger charge is -1.96. The maximum atomic E-state index is 8.89. The maximum Gasteiger partial charge on any atom is 0.115 e. The van der Waals surface area contributed by atoms with Crippen LogP contribution >= 0.6 is 0 Å². The zero-order valence-electron chi connectivity index (χ0n) is 9.06. The van der Waals surface area contributed by atoms with E-state index in [1.54, 1.807) is 12.1 Å².